The van der Waals surface area contributed by atoms with Gasteiger partial charge >= 0.3 is 6.18 Å². The third-order valence-corrected chi connectivity index (χ3v) is 3.07. The molecule has 124 valence electrons. The predicted molar refractivity (Wildman–Crippen MR) is 76.9 cm³/mol. The molecule has 0 saturated heterocycles. The number of halogens is 3. The third-order valence-electron chi connectivity index (χ3n) is 3.07. The van der Waals surface area contributed by atoms with Crippen molar-refractivity contribution in [1.29, 1.82) is 0 Å². The average Bonchev–Trinajstić information content (AvgIpc) is 2.88. The molecule has 0 aliphatic heterocycles. The van der Waals surface area contributed by atoms with Crippen molar-refractivity contribution in [3.8, 4) is 0 Å². The lowest BCUT2D eigenvalue weighted by Gasteiger charge is -2.13. The normalized spacial score (nSPS) is 11.7. The van der Waals surface area contributed by atoms with Crippen molar-refractivity contribution in [2.45, 2.75) is 32.6 Å². The number of rotatable bonds is 4. The molecule has 0 fully saturated rings. The van der Waals surface area contributed by atoms with E-state index in [1.807, 2.05) is 13.8 Å². The number of aromatic nitrogens is 3. The van der Waals surface area contributed by atoms with E-state index >= 15 is 0 Å². The Morgan fingerprint density at radius 3 is 2.65 bits per heavy atom. The van der Waals surface area contributed by atoms with Gasteiger partial charge in [-0.2, -0.15) is 18.3 Å². The number of carbonyl (C=O) groups excluding carboxylic acids is 1. The fraction of sp³-hybridized carbons (Fsp3) is 0.357. The summed E-state index contributed by atoms with van der Waals surface area (Å²) < 4.78 is 40.3. The Balaban J connectivity index is 2.18. The van der Waals surface area contributed by atoms with Gasteiger partial charge in [-0.15, -0.1) is 0 Å². The molecule has 2 heterocycles. The van der Waals surface area contributed by atoms with E-state index in [9.17, 15) is 22.8 Å². The number of pyridine rings is 1. The molecule has 0 unspecified atom stereocenters. The van der Waals surface area contributed by atoms with Gasteiger partial charge in [0.15, 0.2) is 0 Å². The van der Waals surface area contributed by atoms with Crippen LogP contribution in [0.3, 0.4) is 0 Å². The summed E-state index contributed by atoms with van der Waals surface area (Å²) in [5.74, 6) is -0.209. The molecule has 2 aromatic rings. The minimum atomic E-state index is -4.76. The standard InChI is InChI=1S/C14H15F3N4O2/c1-9(2)21-11(5-6-18-21)19-12(22)8-20-7-3-4-10(13(20)23)14(15,16)17/h3-7,9H,8H2,1-2H3,(H,19,22). The molecule has 0 bridgehead atoms. The van der Waals surface area contributed by atoms with Gasteiger partial charge in [0.05, 0.1) is 6.20 Å². The van der Waals surface area contributed by atoms with Gasteiger partial charge in [-0.05, 0) is 26.0 Å². The van der Waals surface area contributed by atoms with E-state index in [-0.39, 0.29) is 6.04 Å². The van der Waals surface area contributed by atoms with Gasteiger partial charge in [-0.3, -0.25) is 9.59 Å². The van der Waals surface area contributed by atoms with Gasteiger partial charge in [0.1, 0.15) is 17.9 Å². The summed E-state index contributed by atoms with van der Waals surface area (Å²) in [7, 11) is 0. The first-order valence-electron chi connectivity index (χ1n) is 6.80. The van der Waals surface area contributed by atoms with Crippen LogP contribution >= 0.6 is 0 Å². The summed E-state index contributed by atoms with van der Waals surface area (Å²) in [5, 5.41) is 6.55. The van der Waals surface area contributed by atoms with E-state index < -0.39 is 29.8 Å². The van der Waals surface area contributed by atoms with Gasteiger partial charge in [0.2, 0.25) is 5.91 Å². The molecule has 0 aromatic carbocycles. The van der Waals surface area contributed by atoms with E-state index in [1.54, 1.807) is 10.7 Å². The van der Waals surface area contributed by atoms with Crippen LogP contribution in [0.1, 0.15) is 25.5 Å². The highest BCUT2D eigenvalue weighted by molar-refractivity contribution is 5.89. The molecule has 6 nitrogen and oxygen atoms in total. The van der Waals surface area contributed by atoms with Crippen LogP contribution in [0.2, 0.25) is 0 Å². The van der Waals surface area contributed by atoms with E-state index in [4.69, 9.17) is 0 Å². The minimum absolute atomic E-state index is 0.00317. The summed E-state index contributed by atoms with van der Waals surface area (Å²) in [5.41, 5.74) is -2.56. The van der Waals surface area contributed by atoms with E-state index in [0.717, 1.165) is 12.3 Å². The Morgan fingerprint density at radius 2 is 2.04 bits per heavy atom. The van der Waals surface area contributed by atoms with Crippen molar-refractivity contribution in [3.05, 3.63) is 46.5 Å². The molecular formula is C14H15F3N4O2. The van der Waals surface area contributed by atoms with Crippen LogP contribution in [0.4, 0.5) is 19.0 Å². The van der Waals surface area contributed by atoms with Crippen LogP contribution in [0.15, 0.2) is 35.4 Å². The monoisotopic (exact) mass is 328 g/mol. The number of nitrogens with one attached hydrogen (secondary N) is 1. The van der Waals surface area contributed by atoms with Gasteiger partial charge in [0, 0.05) is 18.3 Å². The Kier molecular flexibility index (Phi) is 4.57. The Labute approximate surface area is 129 Å². The van der Waals surface area contributed by atoms with Crippen molar-refractivity contribution >= 4 is 11.7 Å². The maximum absolute atomic E-state index is 12.7. The lowest BCUT2D eigenvalue weighted by molar-refractivity contribution is -0.139. The molecule has 0 radical (unpaired) electrons. The number of carbonyl (C=O) groups is 1. The molecule has 0 saturated carbocycles. The largest absolute Gasteiger partial charge is 0.421 e. The fourth-order valence-electron chi connectivity index (χ4n) is 2.04. The molecular weight excluding hydrogens is 313 g/mol. The lowest BCUT2D eigenvalue weighted by atomic mass is 10.2. The first kappa shape index (κ1) is 16.8. The fourth-order valence-corrected chi connectivity index (χ4v) is 2.04. The number of hydrogen-bond acceptors (Lipinski definition) is 3. The zero-order valence-corrected chi connectivity index (χ0v) is 12.5. The first-order valence-corrected chi connectivity index (χ1v) is 6.80. The van der Waals surface area contributed by atoms with Crippen LogP contribution in [0, 0.1) is 0 Å². The maximum Gasteiger partial charge on any atom is 0.421 e. The second kappa shape index (κ2) is 6.27. The second-order valence-electron chi connectivity index (χ2n) is 5.16. The van der Waals surface area contributed by atoms with Crippen molar-refractivity contribution in [3.63, 3.8) is 0 Å². The second-order valence-corrected chi connectivity index (χ2v) is 5.16. The molecule has 0 aliphatic carbocycles. The quantitative estimate of drug-likeness (QED) is 0.936. The van der Waals surface area contributed by atoms with Crippen molar-refractivity contribution in [1.82, 2.24) is 14.3 Å². The third kappa shape index (κ3) is 3.79. The summed E-state index contributed by atoms with van der Waals surface area (Å²) in [4.78, 5) is 23.7. The molecule has 0 spiro atoms. The van der Waals surface area contributed by atoms with Crippen molar-refractivity contribution in [2.24, 2.45) is 0 Å². The Morgan fingerprint density at radius 1 is 1.35 bits per heavy atom. The van der Waals surface area contributed by atoms with E-state index in [0.29, 0.717) is 16.5 Å². The summed E-state index contributed by atoms with van der Waals surface area (Å²) in [6.45, 7) is 3.20. The van der Waals surface area contributed by atoms with Gasteiger partial charge in [0.25, 0.3) is 5.56 Å². The summed E-state index contributed by atoms with van der Waals surface area (Å²) in [6, 6.07) is 3.32. The highest BCUT2D eigenvalue weighted by Crippen LogP contribution is 2.25. The van der Waals surface area contributed by atoms with E-state index in [1.165, 1.54) is 6.20 Å². The smallest absolute Gasteiger partial charge is 0.309 e. The van der Waals surface area contributed by atoms with Gasteiger partial charge < -0.3 is 9.88 Å². The summed E-state index contributed by atoms with van der Waals surface area (Å²) >= 11 is 0. The van der Waals surface area contributed by atoms with E-state index in [2.05, 4.69) is 10.4 Å². The summed E-state index contributed by atoms with van der Waals surface area (Å²) in [6.07, 6.45) is -2.13. The number of amides is 1. The molecule has 1 N–H and O–H groups in total. The van der Waals surface area contributed by atoms with Crippen molar-refractivity contribution in [2.75, 3.05) is 5.32 Å². The van der Waals surface area contributed by atoms with Crippen LogP contribution < -0.4 is 10.9 Å². The Bertz CT molecular complexity index is 762. The highest BCUT2D eigenvalue weighted by Gasteiger charge is 2.34. The van der Waals surface area contributed by atoms with Crippen LogP contribution in [0.25, 0.3) is 0 Å². The maximum atomic E-state index is 12.7. The molecule has 1 amide bonds. The topological polar surface area (TPSA) is 68.9 Å². The minimum Gasteiger partial charge on any atom is -0.309 e. The highest BCUT2D eigenvalue weighted by atomic mass is 19.4. The number of hydrogen-bond donors (Lipinski definition) is 1. The van der Waals surface area contributed by atoms with Gasteiger partial charge in [-0.1, -0.05) is 0 Å². The molecule has 2 aromatic heterocycles. The first-order chi connectivity index (χ1) is 10.7. The number of anilines is 1. The van der Waals surface area contributed by atoms with Crippen LogP contribution in [-0.2, 0) is 17.5 Å². The molecule has 23 heavy (non-hydrogen) atoms. The zero-order valence-electron chi connectivity index (χ0n) is 12.5. The number of alkyl halides is 3. The van der Waals surface area contributed by atoms with Crippen LogP contribution in [0.5, 0.6) is 0 Å². The lowest BCUT2D eigenvalue weighted by Crippen LogP contribution is -2.32. The predicted octanol–water partition coefficient (Wildman–Crippen LogP) is 2.28. The zero-order chi connectivity index (χ0) is 17.2. The Hall–Kier alpha value is -2.58. The number of nitrogens with zero attached hydrogens (tertiary/aromatic N) is 3. The molecule has 0 aliphatic rings. The van der Waals surface area contributed by atoms with Crippen LogP contribution in [-0.4, -0.2) is 20.3 Å². The molecule has 9 heteroatoms. The average molecular weight is 328 g/mol. The van der Waals surface area contributed by atoms with Gasteiger partial charge in [-0.25, -0.2) is 4.68 Å². The molecule has 2 rings (SSSR count). The molecule has 0 atom stereocenters. The SMILES string of the molecule is CC(C)n1nccc1NC(=O)Cn1cccc(C(F)(F)F)c1=O. The van der Waals surface area contributed by atoms with Crippen molar-refractivity contribution < 1.29 is 18.0 Å².